The maximum Gasteiger partial charge on any atom is 0.330 e. The summed E-state index contributed by atoms with van der Waals surface area (Å²) in [5.74, 6) is -0.829. The molecule has 3 unspecified atom stereocenters. The lowest BCUT2D eigenvalue weighted by molar-refractivity contribution is -0.285. The summed E-state index contributed by atoms with van der Waals surface area (Å²) < 4.78 is 48.2. The van der Waals surface area contributed by atoms with Crippen molar-refractivity contribution in [1.82, 2.24) is 14.9 Å². The van der Waals surface area contributed by atoms with E-state index in [2.05, 4.69) is 18.7 Å². The molecule has 2 saturated heterocycles. The minimum absolute atomic E-state index is 0.697. The molecule has 2 aliphatic heterocycles. The van der Waals surface area contributed by atoms with E-state index in [1.54, 1.807) is 0 Å². The monoisotopic (exact) mass is 605 g/mol. The van der Waals surface area contributed by atoms with E-state index in [4.69, 9.17) is 9.47 Å². The summed E-state index contributed by atoms with van der Waals surface area (Å²) in [5.41, 5.74) is -1.79. The topological polar surface area (TPSA) is 312 Å². The number of aliphatic hydroxyl groups excluding tert-OH is 5. The molecule has 0 spiro atoms. The number of amides is 1. The molecule has 39 heavy (non-hydrogen) atoms. The second-order valence-electron chi connectivity index (χ2n) is 8.37. The predicted octanol–water partition coefficient (Wildman–Crippen LogP) is -5.91. The molecular weight excluding hydrogens is 580 g/mol. The maximum absolute atomic E-state index is 12.3. The average molecular weight is 605 g/mol. The third-order valence-electron chi connectivity index (χ3n) is 5.54. The van der Waals surface area contributed by atoms with Crippen molar-refractivity contribution >= 4 is 21.6 Å². The molecule has 3 rings (SSSR count). The molecule has 1 aromatic heterocycles. The lowest BCUT2D eigenvalue weighted by atomic mass is 9.97. The number of hydrogen-bond acceptors (Lipinski definition) is 17. The lowest BCUT2D eigenvalue weighted by Crippen LogP contribution is -2.64. The highest BCUT2D eigenvalue weighted by molar-refractivity contribution is 7.59. The zero-order chi connectivity index (χ0) is 29.3. The van der Waals surface area contributed by atoms with Gasteiger partial charge in [-0.05, 0) is 0 Å². The molecule has 0 aromatic carbocycles. The van der Waals surface area contributed by atoms with Crippen molar-refractivity contribution in [3.63, 3.8) is 0 Å². The number of rotatable bonds is 10. The summed E-state index contributed by atoms with van der Waals surface area (Å²) in [4.78, 5) is 60.9. The first kappa shape index (κ1) is 31.7. The van der Waals surface area contributed by atoms with E-state index < -0.39 is 101 Å². The van der Waals surface area contributed by atoms with Crippen molar-refractivity contribution in [3.05, 3.63) is 33.1 Å². The molecule has 20 nitrogen and oxygen atoms in total. The van der Waals surface area contributed by atoms with E-state index in [0.29, 0.717) is 4.57 Å². The van der Waals surface area contributed by atoms with Crippen LogP contribution in [0, 0.1) is 0 Å². The quantitative estimate of drug-likeness (QED) is 0.122. The van der Waals surface area contributed by atoms with Crippen molar-refractivity contribution in [1.29, 1.82) is 0 Å². The first-order valence-corrected chi connectivity index (χ1v) is 13.9. The van der Waals surface area contributed by atoms with Gasteiger partial charge in [-0.3, -0.25) is 32.8 Å². The fraction of sp³-hybridized carbons (Fsp3) is 0.706. The molecule has 2 aliphatic rings. The van der Waals surface area contributed by atoms with Crippen LogP contribution in [0.2, 0.25) is 0 Å². The van der Waals surface area contributed by atoms with Crippen LogP contribution in [-0.4, -0.2) is 103 Å². The summed E-state index contributed by atoms with van der Waals surface area (Å²) in [6.45, 7) is -1.09. The number of carbonyl (C=O) groups excluding carboxylic acids is 1. The molecule has 0 aliphatic carbocycles. The Morgan fingerprint density at radius 2 is 1.72 bits per heavy atom. The van der Waals surface area contributed by atoms with Crippen LogP contribution in [0.4, 0.5) is 0 Å². The van der Waals surface area contributed by atoms with Crippen LogP contribution in [0.5, 0.6) is 0 Å². The standard InChI is InChI=1S/C17H27N3O17P2/c1-6(22)18-10-13(26)11(24)7(4-21)35-16(10)36-39(31,32)37-38(29,30)33-5-8-12(25)14(27)15(34-8)20-3-2-9(23)19-17(20)28/h2-3,7-8,10-16,21,24-27H,4-5H2,1H3,(H,18,22)(H,29,30)(H,31,32)(H,19,23,28)/p-2/t7-,8-,10+,11-,12-,13-,14-,15-,16?/m1/s1. The highest BCUT2D eigenvalue weighted by Crippen LogP contribution is 2.57. The average Bonchev–Trinajstić information content (AvgIpc) is 3.10. The molecule has 22 heteroatoms. The maximum atomic E-state index is 12.3. The number of H-pyrrole nitrogens is 1. The van der Waals surface area contributed by atoms with Crippen LogP contribution in [0.15, 0.2) is 21.9 Å². The third kappa shape index (κ3) is 7.66. The van der Waals surface area contributed by atoms with Crippen LogP contribution in [0.25, 0.3) is 0 Å². The Bertz CT molecular complexity index is 1240. The fourth-order valence-electron chi connectivity index (χ4n) is 3.74. The Morgan fingerprint density at radius 1 is 1.08 bits per heavy atom. The number of ether oxygens (including phenoxy) is 2. The van der Waals surface area contributed by atoms with E-state index in [1.807, 2.05) is 4.98 Å². The molecule has 2 fully saturated rings. The van der Waals surface area contributed by atoms with E-state index >= 15 is 0 Å². The summed E-state index contributed by atoms with van der Waals surface area (Å²) in [5, 5.41) is 51.7. The van der Waals surface area contributed by atoms with Gasteiger partial charge in [0.1, 0.15) is 42.7 Å². The van der Waals surface area contributed by atoms with Gasteiger partial charge in [-0.1, -0.05) is 0 Å². The molecule has 0 bridgehead atoms. The Labute approximate surface area is 217 Å². The van der Waals surface area contributed by atoms with Crippen LogP contribution in [0.1, 0.15) is 13.2 Å². The molecule has 0 radical (unpaired) electrons. The minimum atomic E-state index is -5.94. The largest absolute Gasteiger partial charge is 0.756 e. The number of nitrogens with zero attached hydrogens (tertiary/aromatic N) is 1. The zero-order valence-corrected chi connectivity index (χ0v) is 21.5. The number of hydrogen-bond donors (Lipinski definition) is 7. The Hall–Kier alpha value is -1.87. The highest BCUT2D eigenvalue weighted by atomic mass is 31.3. The van der Waals surface area contributed by atoms with Gasteiger partial charge in [0, 0.05) is 19.2 Å². The van der Waals surface area contributed by atoms with Crippen molar-refractivity contribution in [3.8, 4) is 0 Å². The lowest BCUT2D eigenvalue weighted by Gasteiger charge is -2.44. The minimum Gasteiger partial charge on any atom is -0.756 e. The van der Waals surface area contributed by atoms with E-state index in [0.717, 1.165) is 19.2 Å². The van der Waals surface area contributed by atoms with Crippen molar-refractivity contribution < 1.29 is 72.1 Å². The van der Waals surface area contributed by atoms with E-state index in [1.165, 1.54) is 0 Å². The normalized spacial score (nSPS) is 36.2. The number of phosphoric ester groups is 2. The summed E-state index contributed by atoms with van der Waals surface area (Å²) in [7, 11) is -11.8. The molecule has 11 atom stereocenters. The molecular formula is C17H25N3O17P2-2. The van der Waals surface area contributed by atoms with Gasteiger partial charge in [0.05, 0.1) is 13.2 Å². The molecule has 7 N–H and O–H groups in total. The first-order chi connectivity index (χ1) is 18.0. The second kappa shape index (κ2) is 12.3. The predicted molar refractivity (Wildman–Crippen MR) is 116 cm³/mol. The first-order valence-electron chi connectivity index (χ1n) is 10.9. The van der Waals surface area contributed by atoms with Gasteiger partial charge < -0.3 is 54.6 Å². The molecule has 222 valence electrons. The summed E-state index contributed by atoms with van der Waals surface area (Å²) >= 11 is 0. The van der Waals surface area contributed by atoms with Crippen LogP contribution >= 0.6 is 15.6 Å². The number of aromatic nitrogens is 2. The van der Waals surface area contributed by atoms with E-state index in [-0.39, 0.29) is 0 Å². The number of phosphoric acid groups is 2. The number of carbonyl (C=O) groups is 1. The van der Waals surface area contributed by atoms with Gasteiger partial charge >= 0.3 is 5.69 Å². The Morgan fingerprint density at radius 3 is 2.31 bits per heavy atom. The molecule has 1 amide bonds. The third-order valence-corrected chi connectivity index (χ3v) is 8.07. The van der Waals surface area contributed by atoms with Crippen LogP contribution in [0.3, 0.4) is 0 Å². The van der Waals surface area contributed by atoms with Gasteiger partial charge in [0.15, 0.2) is 12.5 Å². The second-order valence-corrected chi connectivity index (χ2v) is 11.3. The Kier molecular flexibility index (Phi) is 10.0. The summed E-state index contributed by atoms with van der Waals surface area (Å²) in [6, 6.07) is -0.844. The van der Waals surface area contributed by atoms with Gasteiger partial charge in [-0.2, -0.15) is 0 Å². The number of aliphatic hydroxyl groups is 5. The van der Waals surface area contributed by atoms with Gasteiger partial charge in [0.2, 0.25) is 5.91 Å². The van der Waals surface area contributed by atoms with Crippen LogP contribution in [-0.2, 0) is 36.8 Å². The van der Waals surface area contributed by atoms with Gasteiger partial charge in [0.25, 0.3) is 21.2 Å². The van der Waals surface area contributed by atoms with Gasteiger partial charge in [-0.15, -0.1) is 0 Å². The molecule has 0 saturated carbocycles. The Balaban J connectivity index is 1.66. The summed E-state index contributed by atoms with van der Waals surface area (Å²) in [6.07, 6.45) is -13.4. The van der Waals surface area contributed by atoms with Gasteiger partial charge in [-0.25, -0.2) is 9.11 Å². The van der Waals surface area contributed by atoms with Crippen LogP contribution < -0.4 is 26.4 Å². The highest BCUT2D eigenvalue weighted by Gasteiger charge is 2.47. The number of nitrogens with one attached hydrogen (secondary N) is 2. The number of aromatic amines is 1. The van der Waals surface area contributed by atoms with Crippen molar-refractivity contribution in [2.24, 2.45) is 0 Å². The fourth-order valence-corrected chi connectivity index (χ4v) is 5.83. The van der Waals surface area contributed by atoms with E-state index in [9.17, 15) is 58.8 Å². The molecule has 3 heterocycles. The smallest absolute Gasteiger partial charge is 0.330 e. The van der Waals surface area contributed by atoms with Crippen molar-refractivity contribution in [2.45, 2.75) is 62.1 Å². The zero-order valence-electron chi connectivity index (χ0n) is 19.7. The SMILES string of the molecule is CC(=O)N[C@@H]1C(OP(=O)([O-])OP(=O)([O-])OC[C@H]2O[C@@H](n3ccc(=O)[nH]c3=O)[C@H](O)[C@@H]2O)O[C@H](CO)[C@@H](O)[C@@H]1O. The van der Waals surface area contributed by atoms with Crippen molar-refractivity contribution in [2.75, 3.05) is 13.2 Å². The molecule has 1 aromatic rings.